The van der Waals surface area contributed by atoms with Crippen molar-refractivity contribution in [2.24, 2.45) is 5.73 Å². The Morgan fingerprint density at radius 1 is 1.41 bits per heavy atom. The molecule has 0 radical (unpaired) electrons. The van der Waals surface area contributed by atoms with Gasteiger partial charge in [-0.05, 0) is 18.6 Å². The second kappa shape index (κ2) is 5.54. The van der Waals surface area contributed by atoms with Crippen LogP contribution in [-0.2, 0) is 4.79 Å². The molecule has 1 aromatic carbocycles. The van der Waals surface area contributed by atoms with Gasteiger partial charge < -0.3 is 20.3 Å². The predicted molar refractivity (Wildman–Crippen MR) is 63.5 cm³/mol. The molecule has 1 atom stereocenters. The highest BCUT2D eigenvalue weighted by atomic mass is 16.5. The SMILES string of the molecule is COc1ccc(C)c(OC)c1C(N)CC(=O)O. The van der Waals surface area contributed by atoms with E-state index in [1.165, 1.54) is 14.2 Å². The maximum atomic E-state index is 10.7. The smallest absolute Gasteiger partial charge is 0.305 e. The van der Waals surface area contributed by atoms with E-state index in [1.807, 2.05) is 13.0 Å². The summed E-state index contributed by atoms with van der Waals surface area (Å²) in [6, 6.07) is 2.95. The first-order valence-corrected chi connectivity index (χ1v) is 5.20. The zero-order valence-electron chi connectivity index (χ0n) is 10.2. The van der Waals surface area contributed by atoms with Crippen LogP contribution in [0, 0.1) is 6.92 Å². The van der Waals surface area contributed by atoms with E-state index >= 15 is 0 Å². The number of ether oxygens (including phenoxy) is 2. The van der Waals surface area contributed by atoms with Crippen LogP contribution in [0.4, 0.5) is 0 Å². The van der Waals surface area contributed by atoms with E-state index in [-0.39, 0.29) is 6.42 Å². The fraction of sp³-hybridized carbons (Fsp3) is 0.417. The van der Waals surface area contributed by atoms with Gasteiger partial charge in [0.15, 0.2) is 0 Å². The van der Waals surface area contributed by atoms with Crippen molar-refractivity contribution in [3.8, 4) is 11.5 Å². The fourth-order valence-corrected chi connectivity index (χ4v) is 1.78. The number of benzene rings is 1. The Morgan fingerprint density at radius 3 is 2.53 bits per heavy atom. The lowest BCUT2D eigenvalue weighted by molar-refractivity contribution is -0.137. The van der Waals surface area contributed by atoms with Crippen molar-refractivity contribution in [1.29, 1.82) is 0 Å². The molecule has 0 fully saturated rings. The number of carbonyl (C=O) groups is 1. The lowest BCUT2D eigenvalue weighted by atomic mass is 9.99. The molecule has 5 heteroatoms. The van der Waals surface area contributed by atoms with Crippen LogP contribution in [0.3, 0.4) is 0 Å². The minimum atomic E-state index is -0.955. The summed E-state index contributed by atoms with van der Waals surface area (Å²) in [5.41, 5.74) is 7.36. The summed E-state index contributed by atoms with van der Waals surface area (Å²) < 4.78 is 10.5. The fourth-order valence-electron chi connectivity index (χ4n) is 1.78. The maximum Gasteiger partial charge on any atom is 0.305 e. The number of aryl methyl sites for hydroxylation is 1. The third kappa shape index (κ3) is 2.88. The molecular weight excluding hydrogens is 222 g/mol. The molecule has 1 aromatic rings. The Morgan fingerprint density at radius 2 is 2.06 bits per heavy atom. The van der Waals surface area contributed by atoms with E-state index in [4.69, 9.17) is 20.3 Å². The predicted octanol–water partition coefficient (Wildman–Crippen LogP) is 1.49. The molecule has 1 rings (SSSR count). The highest BCUT2D eigenvalue weighted by Crippen LogP contribution is 2.36. The average Bonchev–Trinajstić information content (AvgIpc) is 2.27. The third-order valence-corrected chi connectivity index (χ3v) is 2.54. The molecule has 0 spiro atoms. The third-order valence-electron chi connectivity index (χ3n) is 2.54. The number of carboxylic acid groups (broad SMARTS) is 1. The van der Waals surface area contributed by atoms with Gasteiger partial charge in [-0.1, -0.05) is 6.07 Å². The Hall–Kier alpha value is -1.75. The summed E-state index contributed by atoms with van der Waals surface area (Å²) in [7, 11) is 3.04. The molecule has 0 bridgehead atoms. The molecule has 17 heavy (non-hydrogen) atoms. The summed E-state index contributed by atoms with van der Waals surface area (Å²) >= 11 is 0. The zero-order chi connectivity index (χ0) is 13.0. The van der Waals surface area contributed by atoms with Crippen LogP contribution in [0.5, 0.6) is 11.5 Å². The number of aliphatic carboxylic acids is 1. The minimum absolute atomic E-state index is 0.170. The van der Waals surface area contributed by atoms with Crippen LogP contribution in [0.25, 0.3) is 0 Å². The van der Waals surface area contributed by atoms with Crippen LogP contribution < -0.4 is 15.2 Å². The number of hydrogen-bond donors (Lipinski definition) is 2. The van der Waals surface area contributed by atoms with Crippen LogP contribution in [0.2, 0.25) is 0 Å². The Bertz CT molecular complexity index is 417. The minimum Gasteiger partial charge on any atom is -0.496 e. The number of rotatable bonds is 5. The van der Waals surface area contributed by atoms with Crippen molar-refractivity contribution in [1.82, 2.24) is 0 Å². The Kier molecular flexibility index (Phi) is 4.34. The first-order chi connectivity index (χ1) is 8.01. The molecule has 0 aliphatic carbocycles. The first kappa shape index (κ1) is 13.3. The number of hydrogen-bond acceptors (Lipinski definition) is 4. The Balaban J connectivity index is 3.26. The van der Waals surface area contributed by atoms with Gasteiger partial charge in [0.2, 0.25) is 0 Å². The molecule has 3 N–H and O–H groups in total. The van der Waals surface area contributed by atoms with Crippen molar-refractivity contribution >= 4 is 5.97 Å². The summed E-state index contributed by atoms with van der Waals surface area (Å²) in [6.07, 6.45) is -0.170. The highest BCUT2D eigenvalue weighted by molar-refractivity contribution is 5.69. The Labute approximate surface area is 100 Å². The first-order valence-electron chi connectivity index (χ1n) is 5.20. The normalized spacial score (nSPS) is 12.0. The molecular formula is C12H17NO4. The van der Waals surface area contributed by atoms with Gasteiger partial charge in [-0.2, -0.15) is 0 Å². The van der Waals surface area contributed by atoms with Gasteiger partial charge in [0.25, 0.3) is 0 Å². The molecule has 94 valence electrons. The summed E-state index contributed by atoms with van der Waals surface area (Å²) in [5, 5.41) is 8.78. The molecule has 0 aromatic heterocycles. The molecule has 5 nitrogen and oxygen atoms in total. The van der Waals surface area contributed by atoms with Crippen molar-refractivity contribution in [2.75, 3.05) is 14.2 Å². The second-order valence-corrected chi connectivity index (χ2v) is 3.74. The number of carboxylic acids is 1. The van der Waals surface area contributed by atoms with Gasteiger partial charge in [0, 0.05) is 6.04 Å². The standard InChI is InChI=1S/C12H17NO4/c1-7-4-5-9(16-2)11(12(7)17-3)8(13)6-10(14)15/h4-5,8H,6,13H2,1-3H3,(H,14,15). The summed E-state index contributed by atoms with van der Waals surface area (Å²) in [6.45, 7) is 1.87. The zero-order valence-corrected chi connectivity index (χ0v) is 10.2. The van der Waals surface area contributed by atoms with E-state index in [1.54, 1.807) is 6.07 Å². The van der Waals surface area contributed by atoms with E-state index < -0.39 is 12.0 Å². The van der Waals surface area contributed by atoms with Crippen LogP contribution in [0.1, 0.15) is 23.6 Å². The quantitative estimate of drug-likeness (QED) is 0.813. The lowest BCUT2D eigenvalue weighted by Crippen LogP contribution is -2.17. The number of methoxy groups -OCH3 is 2. The van der Waals surface area contributed by atoms with Gasteiger partial charge in [-0.25, -0.2) is 0 Å². The molecule has 0 saturated carbocycles. The lowest BCUT2D eigenvalue weighted by Gasteiger charge is -2.19. The average molecular weight is 239 g/mol. The molecule has 0 heterocycles. The van der Waals surface area contributed by atoms with Crippen molar-refractivity contribution in [2.45, 2.75) is 19.4 Å². The molecule has 1 unspecified atom stereocenters. The van der Waals surface area contributed by atoms with Crippen molar-refractivity contribution in [3.05, 3.63) is 23.3 Å². The molecule has 0 aliphatic heterocycles. The monoisotopic (exact) mass is 239 g/mol. The van der Waals surface area contributed by atoms with Gasteiger partial charge in [-0.3, -0.25) is 4.79 Å². The maximum absolute atomic E-state index is 10.7. The topological polar surface area (TPSA) is 81.8 Å². The van der Waals surface area contributed by atoms with Gasteiger partial charge in [0.1, 0.15) is 11.5 Å². The van der Waals surface area contributed by atoms with Gasteiger partial charge in [0.05, 0.1) is 26.2 Å². The summed E-state index contributed by atoms with van der Waals surface area (Å²) in [4.78, 5) is 10.7. The number of nitrogens with two attached hydrogens (primary N) is 1. The van der Waals surface area contributed by atoms with Crippen LogP contribution in [0.15, 0.2) is 12.1 Å². The molecule has 0 aliphatic rings. The van der Waals surface area contributed by atoms with Crippen LogP contribution in [-0.4, -0.2) is 25.3 Å². The van der Waals surface area contributed by atoms with E-state index in [0.717, 1.165) is 5.56 Å². The van der Waals surface area contributed by atoms with Gasteiger partial charge >= 0.3 is 5.97 Å². The van der Waals surface area contributed by atoms with E-state index in [9.17, 15) is 4.79 Å². The largest absolute Gasteiger partial charge is 0.496 e. The molecule has 0 saturated heterocycles. The highest BCUT2D eigenvalue weighted by Gasteiger charge is 2.21. The van der Waals surface area contributed by atoms with Crippen LogP contribution >= 0.6 is 0 Å². The van der Waals surface area contributed by atoms with Crippen molar-refractivity contribution in [3.63, 3.8) is 0 Å². The van der Waals surface area contributed by atoms with E-state index in [2.05, 4.69) is 0 Å². The van der Waals surface area contributed by atoms with Gasteiger partial charge in [-0.15, -0.1) is 0 Å². The summed E-state index contributed by atoms with van der Waals surface area (Å²) in [5.74, 6) is 0.169. The van der Waals surface area contributed by atoms with E-state index in [0.29, 0.717) is 17.1 Å². The molecule has 0 amide bonds. The second-order valence-electron chi connectivity index (χ2n) is 3.74. The van der Waals surface area contributed by atoms with Crippen molar-refractivity contribution < 1.29 is 19.4 Å².